The fourth-order valence-corrected chi connectivity index (χ4v) is 4.80. The van der Waals surface area contributed by atoms with Crippen LogP contribution < -0.4 is 4.90 Å². The Labute approximate surface area is 162 Å². The van der Waals surface area contributed by atoms with E-state index in [0.717, 1.165) is 10.4 Å². The molecule has 1 fully saturated rings. The molecular weight excluding hydrogens is 374 g/mol. The van der Waals surface area contributed by atoms with Crippen molar-refractivity contribution in [2.24, 2.45) is 5.92 Å². The topological polar surface area (TPSA) is 73.6 Å². The highest BCUT2D eigenvalue weighted by Crippen LogP contribution is 2.41. The highest BCUT2D eigenvalue weighted by Gasteiger charge is 2.36. The van der Waals surface area contributed by atoms with E-state index in [0.29, 0.717) is 48.9 Å². The van der Waals surface area contributed by atoms with Crippen molar-refractivity contribution in [3.63, 3.8) is 0 Å². The number of anilines is 1. The van der Waals surface area contributed by atoms with Crippen LogP contribution in [-0.2, 0) is 22.5 Å². The maximum Gasteiger partial charge on any atom is 0.410 e. The quantitative estimate of drug-likeness (QED) is 0.718. The van der Waals surface area contributed by atoms with Gasteiger partial charge in [-0.1, -0.05) is 0 Å². The first kappa shape index (κ1) is 19.0. The van der Waals surface area contributed by atoms with E-state index >= 15 is 0 Å². The van der Waals surface area contributed by atoms with Crippen LogP contribution >= 0.6 is 22.9 Å². The number of nitriles is 1. The number of alkyl halides is 1. The predicted octanol–water partition coefficient (Wildman–Crippen LogP) is 3.50. The minimum atomic E-state index is -0.547. The standard InChI is InChI=1S/C18H22ClN3O3S/c1-18(2,3)25-17(24)21-5-4-12-13(8-20)16(26-14(12)10-21)22-9-11(7-19)6-15(22)23/h11H,4-7,9-10H2,1-3H3. The summed E-state index contributed by atoms with van der Waals surface area (Å²) >= 11 is 7.34. The molecule has 0 aromatic carbocycles. The van der Waals surface area contributed by atoms with E-state index in [2.05, 4.69) is 6.07 Å². The Bertz CT molecular complexity index is 778. The first-order valence-corrected chi connectivity index (χ1v) is 9.97. The van der Waals surface area contributed by atoms with Crippen molar-refractivity contribution in [2.45, 2.75) is 45.8 Å². The van der Waals surface area contributed by atoms with Crippen LogP contribution in [0.4, 0.5) is 9.80 Å². The van der Waals surface area contributed by atoms with Crippen molar-refractivity contribution in [1.82, 2.24) is 4.90 Å². The zero-order valence-electron chi connectivity index (χ0n) is 15.2. The number of hydrogen-bond donors (Lipinski definition) is 0. The molecule has 8 heteroatoms. The Balaban J connectivity index is 1.84. The summed E-state index contributed by atoms with van der Waals surface area (Å²) in [4.78, 5) is 29.0. The van der Waals surface area contributed by atoms with E-state index in [1.165, 1.54) is 11.3 Å². The minimum Gasteiger partial charge on any atom is -0.444 e. The number of carbonyl (C=O) groups excluding carboxylic acids is 2. The molecule has 1 aromatic rings. The van der Waals surface area contributed by atoms with Crippen LogP contribution in [0.25, 0.3) is 0 Å². The number of halogens is 1. The Kier molecular flexibility index (Phi) is 5.18. The maximum atomic E-state index is 12.3. The van der Waals surface area contributed by atoms with Gasteiger partial charge in [0.05, 0.1) is 12.1 Å². The molecule has 1 atom stereocenters. The van der Waals surface area contributed by atoms with Crippen molar-refractivity contribution < 1.29 is 14.3 Å². The Hall–Kier alpha value is -1.78. The molecule has 0 saturated carbocycles. The number of rotatable bonds is 2. The summed E-state index contributed by atoms with van der Waals surface area (Å²) in [6.07, 6.45) is 0.659. The lowest BCUT2D eigenvalue weighted by atomic mass is 10.0. The molecule has 1 saturated heterocycles. The maximum absolute atomic E-state index is 12.3. The van der Waals surface area contributed by atoms with Crippen molar-refractivity contribution >= 4 is 39.9 Å². The normalized spacial score (nSPS) is 20.1. The van der Waals surface area contributed by atoms with E-state index in [1.54, 1.807) is 9.80 Å². The van der Waals surface area contributed by atoms with Crippen molar-refractivity contribution in [3.05, 3.63) is 16.0 Å². The van der Waals surface area contributed by atoms with Crippen LogP contribution in [0.3, 0.4) is 0 Å². The molecule has 2 amide bonds. The number of amides is 2. The number of thiophene rings is 1. The molecule has 2 aliphatic rings. The molecule has 3 heterocycles. The Morgan fingerprint density at radius 1 is 1.46 bits per heavy atom. The summed E-state index contributed by atoms with van der Waals surface area (Å²) in [6, 6.07) is 2.27. The van der Waals surface area contributed by atoms with Crippen molar-refractivity contribution in [3.8, 4) is 6.07 Å². The van der Waals surface area contributed by atoms with Gasteiger partial charge in [0.2, 0.25) is 5.91 Å². The highest BCUT2D eigenvalue weighted by atomic mass is 35.5. The molecule has 0 spiro atoms. The largest absolute Gasteiger partial charge is 0.444 e. The van der Waals surface area contributed by atoms with Gasteiger partial charge in [0.15, 0.2) is 0 Å². The SMILES string of the molecule is CC(C)(C)OC(=O)N1CCc2c(sc(N3CC(CCl)CC3=O)c2C#N)C1. The van der Waals surface area contributed by atoms with Gasteiger partial charge in [-0.2, -0.15) is 5.26 Å². The summed E-state index contributed by atoms with van der Waals surface area (Å²) in [5, 5.41) is 10.3. The van der Waals surface area contributed by atoms with E-state index in [-0.39, 0.29) is 17.9 Å². The Morgan fingerprint density at radius 2 is 2.19 bits per heavy atom. The summed E-state index contributed by atoms with van der Waals surface area (Å²) in [5.74, 6) is 0.560. The monoisotopic (exact) mass is 395 g/mol. The zero-order chi connectivity index (χ0) is 19.1. The fourth-order valence-electron chi connectivity index (χ4n) is 3.26. The van der Waals surface area contributed by atoms with Gasteiger partial charge in [-0.3, -0.25) is 4.79 Å². The second-order valence-electron chi connectivity index (χ2n) is 7.68. The second-order valence-corrected chi connectivity index (χ2v) is 9.07. The third-order valence-corrected chi connectivity index (χ3v) is 6.15. The van der Waals surface area contributed by atoms with Crippen molar-refractivity contribution in [2.75, 3.05) is 23.9 Å². The Morgan fingerprint density at radius 3 is 2.77 bits per heavy atom. The molecule has 0 bridgehead atoms. The van der Waals surface area contributed by atoms with Crippen LogP contribution in [0.1, 0.15) is 43.2 Å². The molecule has 1 unspecified atom stereocenters. The summed E-state index contributed by atoms with van der Waals surface area (Å²) in [6.45, 7) is 6.97. The molecule has 2 aliphatic heterocycles. The van der Waals surface area contributed by atoms with Gasteiger partial charge in [0, 0.05) is 30.3 Å². The van der Waals surface area contributed by atoms with Crippen molar-refractivity contribution in [1.29, 1.82) is 5.26 Å². The zero-order valence-corrected chi connectivity index (χ0v) is 16.7. The predicted molar refractivity (Wildman–Crippen MR) is 101 cm³/mol. The number of fused-ring (bicyclic) bond motifs is 1. The molecule has 0 radical (unpaired) electrons. The van der Waals surface area contributed by atoms with E-state index in [1.807, 2.05) is 20.8 Å². The van der Waals surface area contributed by atoms with E-state index in [9.17, 15) is 14.9 Å². The molecular formula is C18H22ClN3O3S. The van der Waals surface area contributed by atoms with Gasteiger partial charge >= 0.3 is 6.09 Å². The van der Waals surface area contributed by atoms with Crippen LogP contribution in [0.2, 0.25) is 0 Å². The first-order chi connectivity index (χ1) is 12.2. The van der Waals surface area contributed by atoms with Gasteiger partial charge in [0.25, 0.3) is 0 Å². The lowest BCUT2D eigenvalue weighted by molar-refractivity contribution is -0.117. The van der Waals surface area contributed by atoms with E-state index in [4.69, 9.17) is 16.3 Å². The lowest BCUT2D eigenvalue weighted by Crippen LogP contribution is -2.39. The summed E-state index contributed by atoms with van der Waals surface area (Å²) < 4.78 is 5.45. The first-order valence-electron chi connectivity index (χ1n) is 8.62. The molecule has 0 N–H and O–H groups in total. The third kappa shape index (κ3) is 3.67. The third-order valence-electron chi connectivity index (χ3n) is 4.47. The summed E-state index contributed by atoms with van der Waals surface area (Å²) in [7, 11) is 0. The smallest absolute Gasteiger partial charge is 0.410 e. The van der Waals surface area contributed by atoms with Gasteiger partial charge in [-0.05, 0) is 38.7 Å². The molecule has 6 nitrogen and oxygen atoms in total. The fraction of sp³-hybridized carbons (Fsp3) is 0.611. The minimum absolute atomic E-state index is 0.00902. The van der Waals surface area contributed by atoms with Crippen LogP contribution in [0.5, 0.6) is 0 Å². The highest BCUT2D eigenvalue weighted by molar-refractivity contribution is 7.16. The number of ether oxygens (including phenoxy) is 1. The van der Waals surface area contributed by atoms with E-state index < -0.39 is 5.60 Å². The second kappa shape index (κ2) is 7.09. The van der Waals surface area contributed by atoms with Gasteiger partial charge in [0.1, 0.15) is 16.7 Å². The molecule has 26 heavy (non-hydrogen) atoms. The average molecular weight is 396 g/mol. The van der Waals surface area contributed by atoms with Crippen LogP contribution in [0, 0.1) is 17.2 Å². The molecule has 1 aromatic heterocycles. The molecule has 0 aliphatic carbocycles. The lowest BCUT2D eigenvalue weighted by Gasteiger charge is -2.29. The average Bonchev–Trinajstić information content (AvgIpc) is 3.11. The number of nitrogens with zero attached hydrogens (tertiary/aromatic N) is 3. The number of carbonyl (C=O) groups is 2. The van der Waals surface area contributed by atoms with Gasteiger partial charge in [-0.25, -0.2) is 4.79 Å². The number of hydrogen-bond acceptors (Lipinski definition) is 5. The van der Waals surface area contributed by atoms with Crippen LogP contribution in [-0.4, -0.2) is 41.5 Å². The van der Waals surface area contributed by atoms with Gasteiger partial charge < -0.3 is 14.5 Å². The van der Waals surface area contributed by atoms with Crippen LogP contribution in [0.15, 0.2) is 0 Å². The van der Waals surface area contributed by atoms with Gasteiger partial charge in [-0.15, -0.1) is 22.9 Å². The summed E-state index contributed by atoms with van der Waals surface area (Å²) in [5.41, 5.74) is 0.973. The molecule has 140 valence electrons. The molecule has 3 rings (SSSR count).